The Bertz CT molecular complexity index is 982. The summed E-state index contributed by atoms with van der Waals surface area (Å²) in [7, 11) is -2.75. The number of halogens is 4. The molecule has 1 unspecified atom stereocenters. The molecule has 0 amide bonds. The van der Waals surface area contributed by atoms with E-state index >= 15 is 0 Å². The molecular formula is C20H28F4N4O5S. The summed E-state index contributed by atoms with van der Waals surface area (Å²) >= 11 is 0. The highest BCUT2D eigenvalue weighted by Crippen LogP contribution is 2.61. The third kappa shape index (κ3) is 5.21. The van der Waals surface area contributed by atoms with Crippen LogP contribution in [0, 0.1) is 11.7 Å². The second kappa shape index (κ2) is 9.21. The van der Waals surface area contributed by atoms with Crippen LogP contribution in [0.1, 0.15) is 37.9 Å². The molecule has 0 radical (unpaired) electrons. The zero-order valence-corrected chi connectivity index (χ0v) is 19.5. The Labute approximate surface area is 194 Å². The number of fused-ring (bicyclic) bond motifs is 1. The quantitative estimate of drug-likeness (QED) is 0.396. The van der Waals surface area contributed by atoms with E-state index in [1.165, 1.54) is 0 Å². The van der Waals surface area contributed by atoms with Crippen LogP contribution in [0.2, 0.25) is 0 Å². The molecule has 1 aliphatic heterocycles. The molecule has 192 valence electrons. The molecule has 4 rings (SSSR count). The maximum absolute atomic E-state index is 13.7. The molecule has 0 bridgehead atoms. The number of hydrogen-bond acceptors (Lipinski definition) is 8. The lowest BCUT2D eigenvalue weighted by molar-refractivity contribution is -0.255. The van der Waals surface area contributed by atoms with Gasteiger partial charge in [-0.2, -0.15) is 13.2 Å². The molecular weight excluding hydrogens is 484 g/mol. The fourth-order valence-electron chi connectivity index (χ4n) is 5.49. The molecule has 34 heavy (non-hydrogen) atoms. The van der Waals surface area contributed by atoms with Crippen molar-refractivity contribution in [2.45, 2.75) is 74.3 Å². The number of likely N-dealkylation sites (tertiary alicyclic amines) is 1. The van der Waals surface area contributed by atoms with Crippen molar-refractivity contribution in [1.29, 1.82) is 0 Å². The lowest BCUT2D eigenvalue weighted by atomic mass is 9.86. The van der Waals surface area contributed by atoms with Crippen LogP contribution in [-0.4, -0.2) is 85.2 Å². The van der Waals surface area contributed by atoms with Crippen LogP contribution < -0.4 is 4.72 Å². The molecule has 14 heteroatoms. The topological polar surface area (TPSA) is 114 Å². The number of aliphatic hydroxyl groups excluding tert-OH is 1. The zero-order valence-electron chi connectivity index (χ0n) is 18.7. The minimum atomic E-state index is -4.71. The number of nitrogens with zero attached hydrogens (tertiary/aromatic N) is 3. The molecule has 0 aromatic carbocycles. The van der Waals surface area contributed by atoms with Gasteiger partial charge in [-0.25, -0.2) is 32.4 Å². The van der Waals surface area contributed by atoms with Crippen LogP contribution in [0.15, 0.2) is 12.4 Å². The van der Waals surface area contributed by atoms with Gasteiger partial charge in [0.25, 0.3) is 0 Å². The average molecular weight is 513 g/mol. The monoisotopic (exact) mass is 512 g/mol. The Balaban J connectivity index is 1.44. The maximum atomic E-state index is 13.7. The van der Waals surface area contributed by atoms with Crippen LogP contribution in [0.5, 0.6) is 0 Å². The minimum Gasteiger partial charge on any atom is -0.377 e. The highest BCUT2D eigenvalue weighted by molar-refractivity contribution is 7.88. The van der Waals surface area contributed by atoms with Crippen molar-refractivity contribution in [1.82, 2.24) is 19.6 Å². The van der Waals surface area contributed by atoms with Crippen molar-refractivity contribution in [3.05, 3.63) is 24.0 Å². The molecule has 3 fully saturated rings. The Morgan fingerprint density at radius 3 is 2.56 bits per heavy atom. The Kier molecular flexibility index (Phi) is 6.94. The minimum absolute atomic E-state index is 0.217. The third-order valence-corrected chi connectivity index (χ3v) is 7.88. The van der Waals surface area contributed by atoms with Gasteiger partial charge in [0, 0.05) is 18.6 Å². The first-order valence-corrected chi connectivity index (χ1v) is 12.8. The molecule has 1 saturated heterocycles. The number of methoxy groups -OCH3 is 1. The van der Waals surface area contributed by atoms with Gasteiger partial charge in [-0.15, -0.1) is 0 Å². The van der Waals surface area contributed by atoms with Crippen LogP contribution in [0.3, 0.4) is 0 Å². The van der Waals surface area contributed by atoms with E-state index in [4.69, 9.17) is 9.47 Å². The number of ether oxygens (including phenoxy) is 2. The normalized spacial score (nSPS) is 35.2. The van der Waals surface area contributed by atoms with Crippen molar-refractivity contribution in [3.63, 3.8) is 0 Å². The number of hydrogen-bond donors (Lipinski definition) is 2. The van der Waals surface area contributed by atoms with E-state index in [1.54, 1.807) is 0 Å². The molecule has 9 nitrogen and oxygen atoms in total. The van der Waals surface area contributed by atoms with Crippen molar-refractivity contribution in [2.24, 2.45) is 5.92 Å². The zero-order chi connectivity index (χ0) is 24.9. The van der Waals surface area contributed by atoms with Gasteiger partial charge in [-0.05, 0) is 38.0 Å². The predicted octanol–water partition coefficient (Wildman–Crippen LogP) is 1.29. The van der Waals surface area contributed by atoms with E-state index in [0.29, 0.717) is 25.1 Å². The molecule has 2 N–H and O–H groups in total. The predicted molar refractivity (Wildman–Crippen MR) is 110 cm³/mol. The van der Waals surface area contributed by atoms with E-state index in [2.05, 4.69) is 14.7 Å². The Morgan fingerprint density at radius 2 is 2.00 bits per heavy atom. The van der Waals surface area contributed by atoms with Crippen molar-refractivity contribution >= 4 is 10.0 Å². The highest BCUT2D eigenvalue weighted by atomic mass is 32.2. The van der Waals surface area contributed by atoms with Crippen molar-refractivity contribution < 1.29 is 40.6 Å². The largest absolute Gasteiger partial charge is 0.404 e. The first-order chi connectivity index (χ1) is 15.8. The van der Waals surface area contributed by atoms with E-state index < -0.39 is 53.0 Å². The first-order valence-electron chi connectivity index (χ1n) is 11.0. The summed E-state index contributed by atoms with van der Waals surface area (Å²) in [6.07, 6.45) is -1.54. The summed E-state index contributed by atoms with van der Waals surface area (Å²) in [4.78, 5) is 8.95. The van der Waals surface area contributed by atoms with Gasteiger partial charge in [-0.3, -0.25) is 0 Å². The van der Waals surface area contributed by atoms with Crippen LogP contribution in [0.25, 0.3) is 0 Å². The lowest BCUT2D eigenvalue weighted by Gasteiger charge is -2.36. The molecule has 3 aliphatic rings. The van der Waals surface area contributed by atoms with Crippen LogP contribution >= 0.6 is 0 Å². The van der Waals surface area contributed by atoms with E-state index in [1.807, 2.05) is 0 Å². The van der Waals surface area contributed by atoms with Crippen LogP contribution in [0.4, 0.5) is 17.6 Å². The van der Waals surface area contributed by atoms with Gasteiger partial charge in [0.15, 0.2) is 5.82 Å². The summed E-state index contributed by atoms with van der Waals surface area (Å²) in [6.45, 7) is -0.225. The summed E-state index contributed by atoms with van der Waals surface area (Å²) < 4.78 is 90.9. The average Bonchev–Trinajstić information content (AvgIpc) is 3.37. The van der Waals surface area contributed by atoms with Gasteiger partial charge < -0.3 is 14.6 Å². The highest BCUT2D eigenvalue weighted by Gasteiger charge is 2.60. The number of sulfonamides is 1. The summed E-state index contributed by atoms with van der Waals surface area (Å²) in [5.41, 5.74) is -0.221. The molecule has 2 heterocycles. The Morgan fingerprint density at radius 1 is 1.32 bits per heavy atom. The lowest BCUT2D eigenvalue weighted by Crippen LogP contribution is -2.55. The standard InChI is InChI=1S/C20H28F4N4O5S/c1-32-18(29)28-15(14(27-34(2,30)31)6-16(28)20(22,23)24)10-33-13-3-4-19(7-11(19)5-13)17-25-8-12(21)9-26-17/h8-9,11,13-16,18,27,29H,3-7,10H2,1-2H3/t11-,13+,14+,15+,16+,18?,19-/m1/s1. The first kappa shape index (κ1) is 25.6. The number of alkyl halides is 3. The summed E-state index contributed by atoms with van der Waals surface area (Å²) in [5.74, 6) is 0.296. The van der Waals surface area contributed by atoms with Crippen molar-refractivity contribution in [3.8, 4) is 0 Å². The molecule has 0 spiro atoms. The van der Waals surface area contributed by atoms with Gasteiger partial charge in [0.05, 0.1) is 37.4 Å². The number of rotatable bonds is 8. The fourth-order valence-corrected chi connectivity index (χ4v) is 6.30. The fraction of sp³-hybridized carbons (Fsp3) is 0.800. The van der Waals surface area contributed by atoms with E-state index in [-0.39, 0.29) is 24.0 Å². The summed E-state index contributed by atoms with van der Waals surface area (Å²) in [5, 5.41) is 10.2. The second-order valence-electron chi connectivity index (χ2n) is 9.38. The maximum Gasteiger partial charge on any atom is 0.404 e. The molecule has 2 aliphatic carbocycles. The van der Waals surface area contributed by atoms with Gasteiger partial charge in [0.1, 0.15) is 11.9 Å². The van der Waals surface area contributed by atoms with Gasteiger partial charge in [-0.1, -0.05) is 0 Å². The summed E-state index contributed by atoms with van der Waals surface area (Å²) in [6, 6.07) is -4.32. The smallest absolute Gasteiger partial charge is 0.377 e. The second-order valence-corrected chi connectivity index (χ2v) is 11.2. The number of aliphatic hydroxyl groups is 1. The molecule has 1 aromatic rings. The SMILES string of the molecule is COC(O)N1[C@H](C(F)(F)F)C[C@H](NS(C)(=O)=O)[C@@H]1CO[C@H]1CC[C@@]2(c3ncc(F)cn3)C[C@H]2C1. The Hall–Kier alpha value is -1.45. The molecule has 2 saturated carbocycles. The number of nitrogens with one attached hydrogen (secondary N) is 1. The van der Waals surface area contributed by atoms with Crippen molar-refractivity contribution in [2.75, 3.05) is 20.0 Å². The van der Waals surface area contributed by atoms with E-state index in [9.17, 15) is 31.1 Å². The van der Waals surface area contributed by atoms with Gasteiger partial charge >= 0.3 is 6.18 Å². The van der Waals surface area contributed by atoms with E-state index in [0.717, 1.165) is 37.1 Å². The number of aromatic nitrogens is 2. The van der Waals surface area contributed by atoms with Gasteiger partial charge in [0.2, 0.25) is 16.4 Å². The third-order valence-electron chi connectivity index (χ3n) is 7.15. The molecule has 1 aromatic heterocycles. The van der Waals surface area contributed by atoms with Crippen LogP contribution in [-0.2, 0) is 24.9 Å². The molecule has 7 atom stereocenters.